The molecule has 19 heavy (non-hydrogen) atoms. The van der Waals surface area contributed by atoms with Gasteiger partial charge >= 0.3 is 0 Å². The van der Waals surface area contributed by atoms with Crippen molar-refractivity contribution in [3.63, 3.8) is 0 Å². The van der Waals surface area contributed by atoms with E-state index in [-0.39, 0.29) is 16.8 Å². The molecule has 0 aliphatic rings. The van der Waals surface area contributed by atoms with Gasteiger partial charge in [-0.2, -0.15) is 8.42 Å². The van der Waals surface area contributed by atoms with Crippen molar-refractivity contribution >= 4 is 32.5 Å². The van der Waals surface area contributed by atoms with E-state index >= 15 is 0 Å². The number of hydrogen-bond donors (Lipinski definition) is 3. The molecule has 1 amide bonds. The second-order valence-corrected chi connectivity index (χ2v) is 5.39. The van der Waals surface area contributed by atoms with Crippen molar-refractivity contribution in [1.82, 2.24) is 0 Å². The highest BCUT2D eigenvalue weighted by Gasteiger charge is 2.18. The van der Waals surface area contributed by atoms with E-state index in [1.165, 1.54) is 19.1 Å². The number of hydrogen-bond acceptors (Lipinski definition) is 4. The molecular formula is C12H11NO5S. The van der Waals surface area contributed by atoms with E-state index in [9.17, 15) is 22.9 Å². The number of rotatable bonds is 2. The maximum atomic E-state index is 11.3. The number of carbonyl (C=O) groups excluding carboxylic acids is 1. The van der Waals surface area contributed by atoms with Crippen LogP contribution >= 0.6 is 0 Å². The fraction of sp³-hybridized carbons (Fsp3) is 0.0833. The summed E-state index contributed by atoms with van der Waals surface area (Å²) >= 11 is 0. The molecule has 2 aromatic rings. The molecule has 2 aromatic carbocycles. The number of amides is 1. The molecule has 0 bridgehead atoms. The molecule has 3 N–H and O–H groups in total. The minimum absolute atomic E-state index is 0.0342. The number of carbonyl (C=O) groups is 1. The third-order valence-electron chi connectivity index (χ3n) is 2.55. The van der Waals surface area contributed by atoms with E-state index < -0.39 is 20.9 Å². The van der Waals surface area contributed by atoms with Crippen molar-refractivity contribution in [2.75, 3.05) is 5.32 Å². The van der Waals surface area contributed by atoms with Gasteiger partial charge in [-0.05, 0) is 23.6 Å². The van der Waals surface area contributed by atoms with Gasteiger partial charge in [0.25, 0.3) is 10.1 Å². The monoisotopic (exact) mass is 281 g/mol. The molecule has 0 heterocycles. The number of phenolic OH excluding ortho intramolecular Hbond substituents is 1. The largest absolute Gasteiger partial charge is 0.507 e. The van der Waals surface area contributed by atoms with Crippen LogP contribution in [0.2, 0.25) is 0 Å². The van der Waals surface area contributed by atoms with Gasteiger partial charge in [0, 0.05) is 12.3 Å². The summed E-state index contributed by atoms with van der Waals surface area (Å²) in [6.45, 7) is 1.22. The Bertz CT molecular complexity index is 767. The average molecular weight is 281 g/mol. The molecule has 0 saturated carbocycles. The Kier molecular flexibility index (Phi) is 3.17. The van der Waals surface area contributed by atoms with Gasteiger partial charge in [0.2, 0.25) is 5.91 Å². The van der Waals surface area contributed by atoms with Crippen LogP contribution in [0.15, 0.2) is 35.2 Å². The van der Waals surface area contributed by atoms with Crippen LogP contribution in [0.5, 0.6) is 5.75 Å². The van der Waals surface area contributed by atoms with Crippen LogP contribution in [0.25, 0.3) is 10.8 Å². The summed E-state index contributed by atoms with van der Waals surface area (Å²) in [6.07, 6.45) is 0. The highest BCUT2D eigenvalue weighted by Crippen LogP contribution is 2.32. The molecule has 0 saturated heterocycles. The summed E-state index contributed by atoms with van der Waals surface area (Å²) in [7, 11) is -4.51. The van der Waals surface area contributed by atoms with Gasteiger partial charge in [-0.15, -0.1) is 0 Å². The summed E-state index contributed by atoms with van der Waals surface area (Å²) < 4.78 is 31.8. The number of aromatic hydroxyl groups is 1. The predicted molar refractivity (Wildman–Crippen MR) is 69.7 cm³/mol. The summed E-state index contributed by atoms with van der Waals surface area (Å²) in [5.74, 6) is -0.582. The number of fused-ring (bicyclic) bond motifs is 1. The maximum absolute atomic E-state index is 11.3. The third kappa shape index (κ3) is 2.67. The molecule has 0 atom stereocenters. The van der Waals surface area contributed by atoms with Crippen molar-refractivity contribution in [2.45, 2.75) is 11.8 Å². The lowest BCUT2D eigenvalue weighted by Crippen LogP contribution is -2.10. The first-order valence-corrected chi connectivity index (χ1v) is 6.74. The summed E-state index contributed by atoms with van der Waals surface area (Å²) in [6, 6.07) is 7.12. The lowest BCUT2D eigenvalue weighted by atomic mass is 10.1. The SMILES string of the molecule is CC(=O)Nc1cc2cccc(O)c2cc1S(=O)(=O)O. The third-order valence-corrected chi connectivity index (χ3v) is 3.44. The zero-order chi connectivity index (χ0) is 14.2. The van der Waals surface area contributed by atoms with Crippen LogP contribution in [-0.2, 0) is 14.9 Å². The van der Waals surface area contributed by atoms with Crippen LogP contribution in [0.3, 0.4) is 0 Å². The zero-order valence-corrected chi connectivity index (χ0v) is 10.7. The first kappa shape index (κ1) is 13.3. The van der Waals surface area contributed by atoms with E-state index in [4.69, 9.17) is 0 Å². The molecule has 0 aromatic heterocycles. The highest BCUT2D eigenvalue weighted by atomic mass is 32.2. The van der Waals surface area contributed by atoms with Crippen LogP contribution < -0.4 is 5.32 Å². The van der Waals surface area contributed by atoms with Crippen LogP contribution in [0.1, 0.15) is 6.92 Å². The van der Waals surface area contributed by atoms with E-state index in [1.54, 1.807) is 12.1 Å². The smallest absolute Gasteiger partial charge is 0.296 e. The molecule has 2 rings (SSSR count). The van der Waals surface area contributed by atoms with Gasteiger partial charge in [0.15, 0.2) is 0 Å². The van der Waals surface area contributed by atoms with Gasteiger partial charge in [-0.1, -0.05) is 12.1 Å². The Morgan fingerprint density at radius 1 is 1.26 bits per heavy atom. The van der Waals surface area contributed by atoms with Crippen LogP contribution in [0, 0.1) is 0 Å². The number of nitrogens with one attached hydrogen (secondary N) is 1. The summed E-state index contributed by atoms with van der Waals surface area (Å²) in [5.41, 5.74) is -0.0342. The van der Waals surface area contributed by atoms with Gasteiger partial charge in [0.1, 0.15) is 10.6 Å². The van der Waals surface area contributed by atoms with E-state index in [2.05, 4.69) is 5.32 Å². The van der Waals surface area contributed by atoms with Gasteiger partial charge < -0.3 is 10.4 Å². The first-order chi connectivity index (χ1) is 8.79. The van der Waals surface area contributed by atoms with Crippen LogP contribution in [-0.4, -0.2) is 24.0 Å². The maximum Gasteiger partial charge on any atom is 0.296 e. The van der Waals surface area contributed by atoms with E-state index in [0.29, 0.717) is 5.39 Å². The molecule has 0 unspecified atom stereocenters. The van der Waals surface area contributed by atoms with Gasteiger partial charge in [-0.3, -0.25) is 9.35 Å². The van der Waals surface area contributed by atoms with Crippen molar-refractivity contribution < 1.29 is 22.9 Å². The molecule has 6 nitrogen and oxygen atoms in total. The fourth-order valence-corrected chi connectivity index (χ4v) is 2.44. The summed E-state index contributed by atoms with van der Waals surface area (Å²) in [5, 5.41) is 12.8. The molecule has 0 aliphatic carbocycles. The summed E-state index contributed by atoms with van der Waals surface area (Å²) in [4.78, 5) is 10.6. The van der Waals surface area contributed by atoms with E-state index in [0.717, 1.165) is 6.07 Å². The zero-order valence-electron chi connectivity index (χ0n) is 9.91. The normalized spacial score (nSPS) is 11.5. The Labute approximate surface area is 109 Å². The second-order valence-electron chi connectivity index (χ2n) is 4.00. The molecule has 0 spiro atoms. The Morgan fingerprint density at radius 2 is 1.95 bits per heavy atom. The second kappa shape index (κ2) is 4.52. The quantitative estimate of drug-likeness (QED) is 0.727. The molecule has 0 radical (unpaired) electrons. The number of anilines is 1. The molecular weight excluding hydrogens is 270 g/mol. The predicted octanol–water partition coefficient (Wildman–Crippen LogP) is 1.75. The number of benzene rings is 2. The lowest BCUT2D eigenvalue weighted by molar-refractivity contribution is -0.114. The standard InChI is InChI=1S/C12H11NO5S/c1-7(14)13-10-5-8-3-2-4-11(15)9(8)6-12(10)19(16,17)18/h2-6,15H,1H3,(H,13,14)(H,16,17,18). The van der Waals surface area contributed by atoms with E-state index in [1.807, 2.05) is 0 Å². The van der Waals surface area contributed by atoms with Gasteiger partial charge in [-0.25, -0.2) is 0 Å². The number of phenols is 1. The minimum atomic E-state index is -4.51. The lowest BCUT2D eigenvalue weighted by Gasteiger charge is -2.10. The van der Waals surface area contributed by atoms with Crippen LogP contribution in [0.4, 0.5) is 5.69 Å². The Balaban J connectivity index is 2.82. The van der Waals surface area contributed by atoms with Gasteiger partial charge in [0.05, 0.1) is 5.69 Å². The Hall–Kier alpha value is -2.12. The Morgan fingerprint density at radius 3 is 2.53 bits per heavy atom. The molecule has 0 aliphatic heterocycles. The average Bonchev–Trinajstić information content (AvgIpc) is 2.26. The van der Waals surface area contributed by atoms with Crippen molar-refractivity contribution in [3.05, 3.63) is 30.3 Å². The fourth-order valence-electron chi connectivity index (χ4n) is 1.79. The molecule has 7 heteroatoms. The van der Waals surface area contributed by atoms with Crippen molar-refractivity contribution in [3.8, 4) is 5.75 Å². The molecule has 0 fully saturated rings. The minimum Gasteiger partial charge on any atom is -0.507 e. The first-order valence-electron chi connectivity index (χ1n) is 5.30. The van der Waals surface area contributed by atoms with Crippen molar-refractivity contribution in [2.24, 2.45) is 0 Å². The highest BCUT2D eigenvalue weighted by molar-refractivity contribution is 7.86. The molecule has 100 valence electrons. The topological polar surface area (TPSA) is 104 Å². The van der Waals surface area contributed by atoms with Crippen molar-refractivity contribution in [1.29, 1.82) is 0 Å².